The standard InChI is InChI=1S/C15H25NO3/c1-11(12-6-3-2-4-7-12)10-14(17)16-9-5-8-13(16)15(18)19/h11-13H,2-10H2,1H3,(H,18,19). The summed E-state index contributed by atoms with van der Waals surface area (Å²) in [5.74, 6) is 0.241. The lowest BCUT2D eigenvalue weighted by atomic mass is 9.79. The van der Waals surface area contributed by atoms with Gasteiger partial charge in [-0.1, -0.05) is 39.0 Å². The molecule has 4 nitrogen and oxygen atoms in total. The molecule has 0 bridgehead atoms. The van der Waals surface area contributed by atoms with E-state index in [1.807, 2.05) is 0 Å². The second-order valence-corrected chi connectivity index (χ2v) is 6.16. The van der Waals surface area contributed by atoms with Gasteiger partial charge in [-0.2, -0.15) is 0 Å². The number of likely N-dealkylation sites (tertiary alicyclic amines) is 1. The largest absolute Gasteiger partial charge is 0.480 e. The molecule has 1 N–H and O–H groups in total. The third-order valence-electron chi connectivity index (χ3n) is 4.81. The molecule has 1 heterocycles. The highest BCUT2D eigenvalue weighted by Crippen LogP contribution is 2.32. The first kappa shape index (κ1) is 14.4. The summed E-state index contributed by atoms with van der Waals surface area (Å²) in [6, 6.07) is -0.578. The molecule has 1 aliphatic carbocycles. The van der Waals surface area contributed by atoms with Crippen LogP contribution in [0, 0.1) is 11.8 Å². The predicted molar refractivity (Wildman–Crippen MR) is 72.7 cm³/mol. The van der Waals surface area contributed by atoms with Crippen LogP contribution in [-0.4, -0.2) is 34.5 Å². The Kier molecular flexibility index (Phi) is 4.83. The Morgan fingerprint density at radius 1 is 1.16 bits per heavy atom. The lowest BCUT2D eigenvalue weighted by molar-refractivity contribution is -0.148. The van der Waals surface area contributed by atoms with Crippen LogP contribution in [0.5, 0.6) is 0 Å². The Hall–Kier alpha value is -1.06. The summed E-state index contributed by atoms with van der Waals surface area (Å²) in [6.45, 7) is 2.77. The van der Waals surface area contributed by atoms with E-state index in [1.165, 1.54) is 32.1 Å². The van der Waals surface area contributed by atoms with E-state index in [9.17, 15) is 9.59 Å². The van der Waals surface area contributed by atoms with Crippen LogP contribution in [0.3, 0.4) is 0 Å². The third kappa shape index (κ3) is 3.48. The number of carbonyl (C=O) groups excluding carboxylic acids is 1. The molecule has 2 unspecified atom stereocenters. The highest BCUT2D eigenvalue weighted by atomic mass is 16.4. The number of carbonyl (C=O) groups is 2. The Bertz CT molecular complexity index is 336. The maximum absolute atomic E-state index is 12.3. The molecule has 0 spiro atoms. The Morgan fingerprint density at radius 2 is 1.84 bits per heavy atom. The van der Waals surface area contributed by atoms with E-state index in [-0.39, 0.29) is 5.91 Å². The van der Waals surface area contributed by atoms with Crippen LogP contribution in [0.2, 0.25) is 0 Å². The molecular weight excluding hydrogens is 242 g/mol. The van der Waals surface area contributed by atoms with Crippen LogP contribution in [0.15, 0.2) is 0 Å². The zero-order valence-electron chi connectivity index (χ0n) is 11.8. The fraction of sp³-hybridized carbons (Fsp3) is 0.867. The SMILES string of the molecule is CC(CC(=O)N1CCCC1C(=O)O)C1CCCCC1. The molecule has 0 aromatic carbocycles. The van der Waals surface area contributed by atoms with Crippen molar-refractivity contribution in [1.29, 1.82) is 0 Å². The first-order valence-corrected chi connectivity index (χ1v) is 7.62. The number of carboxylic acids is 1. The summed E-state index contributed by atoms with van der Waals surface area (Å²) >= 11 is 0. The highest BCUT2D eigenvalue weighted by Gasteiger charge is 2.35. The Labute approximate surface area is 115 Å². The van der Waals surface area contributed by atoms with Crippen molar-refractivity contribution in [3.8, 4) is 0 Å². The maximum Gasteiger partial charge on any atom is 0.326 e. The summed E-state index contributed by atoms with van der Waals surface area (Å²) in [7, 11) is 0. The van der Waals surface area contributed by atoms with Gasteiger partial charge in [0.25, 0.3) is 0 Å². The zero-order chi connectivity index (χ0) is 13.8. The molecule has 1 amide bonds. The number of carboxylic acid groups (broad SMARTS) is 1. The van der Waals surface area contributed by atoms with Gasteiger partial charge in [0.1, 0.15) is 6.04 Å². The van der Waals surface area contributed by atoms with Crippen molar-refractivity contribution in [1.82, 2.24) is 4.90 Å². The molecular formula is C15H25NO3. The molecule has 1 aliphatic heterocycles. The summed E-state index contributed by atoms with van der Waals surface area (Å²) in [4.78, 5) is 25.0. The van der Waals surface area contributed by atoms with E-state index in [4.69, 9.17) is 5.11 Å². The topological polar surface area (TPSA) is 57.6 Å². The molecule has 2 rings (SSSR count). The number of aliphatic carboxylic acids is 1. The van der Waals surface area contributed by atoms with E-state index in [0.717, 1.165) is 6.42 Å². The normalized spacial score (nSPS) is 26.4. The van der Waals surface area contributed by atoms with Crippen molar-refractivity contribution < 1.29 is 14.7 Å². The van der Waals surface area contributed by atoms with E-state index in [0.29, 0.717) is 31.2 Å². The summed E-state index contributed by atoms with van der Waals surface area (Å²) in [6.07, 6.45) is 8.31. The third-order valence-corrected chi connectivity index (χ3v) is 4.81. The molecule has 0 aromatic rings. The van der Waals surface area contributed by atoms with Crippen molar-refractivity contribution in [2.45, 2.75) is 64.3 Å². The van der Waals surface area contributed by atoms with Gasteiger partial charge in [0, 0.05) is 13.0 Å². The van der Waals surface area contributed by atoms with Gasteiger partial charge in [-0.05, 0) is 24.7 Å². The smallest absolute Gasteiger partial charge is 0.326 e. The van der Waals surface area contributed by atoms with Gasteiger partial charge in [-0.15, -0.1) is 0 Å². The number of nitrogens with zero attached hydrogens (tertiary/aromatic N) is 1. The molecule has 108 valence electrons. The maximum atomic E-state index is 12.3. The van der Waals surface area contributed by atoms with Crippen molar-refractivity contribution in [3.05, 3.63) is 0 Å². The first-order chi connectivity index (χ1) is 9.09. The fourth-order valence-corrected chi connectivity index (χ4v) is 3.58. The minimum atomic E-state index is -0.851. The molecule has 2 fully saturated rings. The second-order valence-electron chi connectivity index (χ2n) is 6.16. The summed E-state index contributed by atoms with van der Waals surface area (Å²) in [5.41, 5.74) is 0. The van der Waals surface area contributed by atoms with E-state index < -0.39 is 12.0 Å². The molecule has 0 radical (unpaired) electrons. The van der Waals surface area contributed by atoms with E-state index >= 15 is 0 Å². The van der Waals surface area contributed by atoms with Gasteiger partial charge in [-0.3, -0.25) is 4.79 Å². The Morgan fingerprint density at radius 3 is 2.47 bits per heavy atom. The lowest BCUT2D eigenvalue weighted by Crippen LogP contribution is -2.41. The van der Waals surface area contributed by atoms with Crippen LogP contribution >= 0.6 is 0 Å². The molecule has 2 aliphatic rings. The molecule has 1 saturated heterocycles. The van der Waals surface area contributed by atoms with Gasteiger partial charge >= 0.3 is 5.97 Å². The fourth-order valence-electron chi connectivity index (χ4n) is 3.58. The number of hydrogen-bond donors (Lipinski definition) is 1. The number of amides is 1. The monoisotopic (exact) mass is 267 g/mol. The molecule has 4 heteroatoms. The van der Waals surface area contributed by atoms with E-state index in [2.05, 4.69) is 6.92 Å². The molecule has 19 heavy (non-hydrogen) atoms. The highest BCUT2D eigenvalue weighted by molar-refractivity contribution is 5.84. The summed E-state index contributed by atoms with van der Waals surface area (Å²) < 4.78 is 0. The van der Waals surface area contributed by atoms with Crippen LogP contribution in [-0.2, 0) is 9.59 Å². The average molecular weight is 267 g/mol. The van der Waals surface area contributed by atoms with Crippen molar-refractivity contribution in [3.63, 3.8) is 0 Å². The van der Waals surface area contributed by atoms with Crippen molar-refractivity contribution >= 4 is 11.9 Å². The Balaban J connectivity index is 1.87. The minimum absolute atomic E-state index is 0.0444. The second kappa shape index (κ2) is 6.40. The van der Waals surface area contributed by atoms with Crippen LogP contribution in [0.25, 0.3) is 0 Å². The van der Waals surface area contributed by atoms with Crippen LogP contribution in [0.4, 0.5) is 0 Å². The van der Waals surface area contributed by atoms with Gasteiger partial charge in [0.15, 0.2) is 0 Å². The molecule has 0 aromatic heterocycles. The zero-order valence-corrected chi connectivity index (χ0v) is 11.8. The van der Waals surface area contributed by atoms with Crippen LogP contribution in [0.1, 0.15) is 58.3 Å². The van der Waals surface area contributed by atoms with Gasteiger partial charge < -0.3 is 10.0 Å². The van der Waals surface area contributed by atoms with Crippen molar-refractivity contribution in [2.24, 2.45) is 11.8 Å². The first-order valence-electron chi connectivity index (χ1n) is 7.62. The minimum Gasteiger partial charge on any atom is -0.480 e. The number of rotatable bonds is 4. The van der Waals surface area contributed by atoms with E-state index in [1.54, 1.807) is 4.90 Å². The predicted octanol–water partition coefficient (Wildman–Crippen LogP) is 2.67. The van der Waals surface area contributed by atoms with Gasteiger partial charge in [0.05, 0.1) is 0 Å². The lowest BCUT2D eigenvalue weighted by Gasteiger charge is -2.29. The average Bonchev–Trinajstić information content (AvgIpc) is 2.89. The van der Waals surface area contributed by atoms with Crippen molar-refractivity contribution in [2.75, 3.05) is 6.54 Å². The van der Waals surface area contributed by atoms with Crippen LogP contribution < -0.4 is 0 Å². The summed E-state index contributed by atoms with van der Waals surface area (Å²) in [5, 5.41) is 9.12. The number of hydrogen-bond acceptors (Lipinski definition) is 2. The molecule has 2 atom stereocenters. The van der Waals surface area contributed by atoms with Gasteiger partial charge in [0.2, 0.25) is 5.91 Å². The quantitative estimate of drug-likeness (QED) is 0.852. The molecule has 1 saturated carbocycles. The van der Waals surface area contributed by atoms with Gasteiger partial charge in [-0.25, -0.2) is 4.79 Å².